The molecule has 0 aromatic heterocycles. The zero-order valence-corrected chi connectivity index (χ0v) is 7.89. The van der Waals surface area contributed by atoms with Crippen molar-refractivity contribution in [3.05, 3.63) is 0 Å². The van der Waals surface area contributed by atoms with Crippen LogP contribution in [0.4, 0.5) is 9.59 Å². The van der Waals surface area contributed by atoms with E-state index in [1.54, 1.807) is 10.6 Å². The number of amides is 4. The molecule has 0 radical (unpaired) electrons. The number of primary amides is 2. The van der Waals surface area contributed by atoms with Gasteiger partial charge in [0.05, 0.1) is 6.42 Å². The number of carboxylic acid groups (broad SMARTS) is 2. The van der Waals surface area contributed by atoms with Crippen LogP contribution in [0.2, 0.25) is 0 Å². The highest BCUT2D eigenvalue weighted by atomic mass is 16.4. The molecule has 10 nitrogen and oxygen atoms in total. The molecule has 0 rings (SSSR count). The van der Waals surface area contributed by atoms with Crippen LogP contribution in [0, 0.1) is 0 Å². The Morgan fingerprint density at radius 1 is 1.00 bits per heavy atom. The van der Waals surface area contributed by atoms with Crippen LogP contribution in [0.1, 0.15) is 6.42 Å². The Balaban J connectivity index is 5.19. The third kappa shape index (κ3) is 3.69. The van der Waals surface area contributed by atoms with Crippen LogP contribution in [0.15, 0.2) is 0 Å². The third-order valence-corrected chi connectivity index (χ3v) is 1.45. The van der Waals surface area contributed by atoms with Gasteiger partial charge in [0.1, 0.15) is 0 Å². The van der Waals surface area contributed by atoms with Crippen LogP contribution in [0.25, 0.3) is 0 Å². The zero-order chi connectivity index (χ0) is 12.9. The van der Waals surface area contributed by atoms with Crippen LogP contribution < -0.4 is 22.1 Å². The molecule has 10 heteroatoms. The first-order valence-corrected chi connectivity index (χ1v) is 3.80. The van der Waals surface area contributed by atoms with Crippen molar-refractivity contribution in [3.8, 4) is 0 Å². The van der Waals surface area contributed by atoms with Gasteiger partial charge in [-0.25, -0.2) is 14.4 Å². The standard InChI is InChI=1S/C6H10N4O6/c7-4(15)9-6(3(13)14,1-2(11)12)10-5(8)16/h1H2,(H,11,12)(H,13,14)(H3,7,9,15)(H3,8,10,16). The van der Waals surface area contributed by atoms with Crippen molar-refractivity contribution < 1.29 is 29.4 Å². The van der Waals surface area contributed by atoms with Crippen molar-refractivity contribution >= 4 is 24.0 Å². The maximum Gasteiger partial charge on any atom is 0.351 e. The molecule has 0 spiro atoms. The maximum absolute atomic E-state index is 10.8. The molecule has 0 unspecified atom stereocenters. The number of carboxylic acids is 2. The average molecular weight is 234 g/mol. The van der Waals surface area contributed by atoms with Crippen molar-refractivity contribution in [2.75, 3.05) is 0 Å². The summed E-state index contributed by atoms with van der Waals surface area (Å²) in [6, 6.07) is -2.64. The minimum absolute atomic E-state index is 1.12. The molecular weight excluding hydrogens is 224 g/mol. The number of rotatable bonds is 5. The SMILES string of the molecule is NC(=O)NC(CC(=O)O)(NC(N)=O)C(=O)O. The zero-order valence-electron chi connectivity index (χ0n) is 7.89. The predicted molar refractivity (Wildman–Crippen MR) is 48.1 cm³/mol. The number of aliphatic carboxylic acids is 2. The molecule has 0 aromatic rings. The number of carbonyl (C=O) groups excluding carboxylic acids is 2. The van der Waals surface area contributed by atoms with Crippen molar-refractivity contribution in [1.82, 2.24) is 10.6 Å². The topological polar surface area (TPSA) is 185 Å². The molecule has 0 fully saturated rings. The second-order valence-corrected chi connectivity index (χ2v) is 2.76. The van der Waals surface area contributed by atoms with E-state index in [1.807, 2.05) is 0 Å². The lowest BCUT2D eigenvalue weighted by Gasteiger charge is -2.28. The molecule has 0 aromatic carbocycles. The third-order valence-electron chi connectivity index (χ3n) is 1.45. The average Bonchev–Trinajstić information content (AvgIpc) is 1.98. The van der Waals surface area contributed by atoms with Gasteiger partial charge in [0.2, 0.25) is 5.66 Å². The van der Waals surface area contributed by atoms with Gasteiger partial charge in [0.25, 0.3) is 0 Å². The Kier molecular flexibility index (Phi) is 4.06. The van der Waals surface area contributed by atoms with E-state index in [2.05, 4.69) is 11.5 Å². The molecule has 0 aliphatic rings. The fraction of sp³-hybridized carbons (Fsp3) is 0.333. The number of hydrogen-bond donors (Lipinski definition) is 6. The summed E-state index contributed by atoms with van der Waals surface area (Å²) in [6.45, 7) is 0. The van der Waals surface area contributed by atoms with E-state index >= 15 is 0 Å². The summed E-state index contributed by atoms with van der Waals surface area (Å²) < 4.78 is 0. The molecule has 4 amide bonds. The highest BCUT2D eigenvalue weighted by molar-refractivity contribution is 5.92. The van der Waals surface area contributed by atoms with E-state index in [4.69, 9.17) is 10.2 Å². The lowest BCUT2D eigenvalue weighted by Crippen LogP contribution is -2.68. The van der Waals surface area contributed by atoms with Crippen LogP contribution >= 0.6 is 0 Å². The van der Waals surface area contributed by atoms with Gasteiger partial charge in [0.15, 0.2) is 0 Å². The van der Waals surface area contributed by atoms with E-state index in [9.17, 15) is 19.2 Å². The van der Waals surface area contributed by atoms with Gasteiger partial charge in [-0.2, -0.15) is 0 Å². The molecule has 0 aliphatic heterocycles. The van der Waals surface area contributed by atoms with E-state index in [0.29, 0.717) is 0 Å². The fourth-order valence-corrected chi connectivity index (χ4v) is 0.950. The normalized spacial score (nSPS) is 10.2. The molecule has 0 bridgehead atoms. The van der Waals surface area contributed by atoms with Gasteiger partial charge < -0.3 is 32.3 Å². The Morgan fingerprint density at radius 3 is 1.56 bits per heavy atom. The highest BCUT2D eigenvalue weighted by Crippen LogP contribution is 2.07. The fourth-order valence-electron chi connectivity index (χ4n) is 0.950. The first-order valence-electron chi connectivity index (χ1n) is 3.80. The number of nitrogens with two attached hydrogens (primary N) is 2. The minimum atomic E-state index is -2.57. The minimum Gasteiger partial charge on any atom is -0.481 e. The van der Waals surface area contributed by atoms with Gasteiger partial charge in [0, 0.05) is 0 Å². The Labute approximate surface area is 88.6 Å². The quantitative estimate of drug-likeness (QED) is 0.287. The second-order valence-electron chi connectivity index (χ2n) is 2.76. The monoisotopic (exact) mass is 234 g/mol. The summed E-state index contributed by atoms with van der Waals surface area (Å²) in [5.74, 6) is -3.39. The molecule has 0 aliphatic carbocycles. The molecule has 0 heterocycles. The van der Waals surface area contributed by atoms with Crippen LogP contribution in [-0.4, -0.2) is 39.9 Å². The van der Waals surface area contributed by atoms with Crippen LogP contribution in [0.3, 0.4) is 0 Å². The van der Waals surface area contributed by atoms with Crippen LogP contribution in [0.5, 0.6) is 0 Å². The summed E-state index contributed by atoms with van der Waals surface area (Å²) in [5.41, 5.74) is 6.77. The molecule has 0 saturated carbocycles. The number of urea groups is 2. The largest absolute Gasteiger partial charge is 0.481 e. The molecule has 0 saturated heterocycles. The van der Waals surface area contributed by atoms with Crippen molar-refractivity contribution in [1.29, 1.82) is 0 Å². The smallest absolute Gasteiger partial charge is 0.351 e. The van der Waals surface area contributed by atoms with Crippen LogP contribution in [-0.2, 0) is 9.59 Å². The van der Waals surface area contributed by atoms with Gasteiger partial charge in [-0.15, -0.1) is 0 Å². The summed E-state index contributed by atoms with van der Waals surface area (Å²) in [7, 11) is 0. The number of nitrogens with one attached hydrogen (secondary N) is 2. The number of hydrogen-bond acceptors (Lipinski definition) is 4. The van der Waals surface area contributed by atoms with E-state index < -0.39 is 36.1 Å². The van der Waals surface area contributed by atoms with Crippen molar-refractivity contribution in [2.24, 2.45) is 11.5 Å². The molecule has 0 atom stereocenters. The van der Waals surface area contributed by atoms with Crippen molar-refractivity contribution in [2.45, 2.75) is 12.1 Å². The predicted octanol–water partition coefficient (Wildman–Crippen LogP) is -2.42. The number of carbonyl (C=O) groups is 4. The summed E-state index contributed by atoms with van der Waals surface area (Å²) >= 11 is 0. The molecule has 90 valence electrons. The summed E-state index contributed by atoms with van der Waals surface area (Å²) in [5, 5.41) is 20.4. The lowest BCUT2D eigenvalue weighted by molar-refractivity contribution is -0.151. The molecule has 16 heavy (non-hydrogen) atoms. The molecular formula is C6H10N4O6. The lowest BCUT2D eigenvalue weighted by atomic mass is 10.1. The Bertz CT molecular complexity index is 299. The summed E-state index contributed by atoms with van der Waals surface area (Å²) in [6.07, 6.45) is -1.12. The van der Waals surface area contributed by atoms with E-state index in [-0.39, 0.29) is 0 Å². The first kappa shape index (κ1) is 13.5. The highest BCUT2D eigenvalue weighted by Gasteiger charge is 2.43. The first-order chi connectivity index (χ1) is 7.19. The Morgan fingerprint density at radius 2 is 1.38 bits per heavy atom. The Hall–Kier alpha value is -2.52. The van der Waals surface area contributed by atoms with Gasteiger partial charge >= 0.3 is 24.0 Å². The van der Waals surface area contributed by atoms with Crippen molar-refractivity contribution in [3.63, 3.8) is 0 Å². The van der Waals surface area contributed by atoms with Gasteiger partial charge in [-0.3, -0.25) is 4.79 Å². The second kappa shape index (κ2) is 4.82. The summed E-state index contributed by atoms with van der Waals surface area (Å²) in [4.78, 5) is 42.3. The van der Waals surface area contributed by atoms with E-state index in [1.165, 1.54) is 0 Å². The van der Waals surface area contributed by atoms with E-state index in [0.717, 1.165) is 0 Å². The maximum atomic E-state index is 10.8. The van der Waals surface area contributed by atoms with Gasteiger partial charge in [-0.1, -0.05) is 0 Å². The van der Waals surface area contributed by atoms with Gasteiger partial charge in [-0.05, 0) is 0 Å². The molecule has 8 N–H and O–H groups in total.